The van der Waals surface area contributed by atoms with Gasteiger partial charge in [-0.15, -0.1) is 0 Å². The number of amides is 1. The van der Waals surface area contributed by atoms with Crippen molar-refractivity contribution in [1.29, 1.82) is 0 Å². The molecule has 2 bridgehead atoms. The van der Waals surface area contributed by atoms with Gasteiger partial charge in [0.1, 0.15) is 12.3 Å². The molecule has 0 aliphatic carbocycles. The average Bonchev–Trinajstić information content (AvgIpc) is 3.38. The van der Waals surface area contributed by atoms with Crippen LogP contribution in [0.2, 0.25) is 0 Å². The van der Waals surface area contributed by atoms with Crippen molar-refractivity contribution in [3.8, 4) is 0 Å². The number of nitrogens with one attached hydrogen (secondary N) is 1. The van der Waals surface area contributed by atoms with Crippen molar-refractivity contribution in [2.24, 2.45) is 5.73 Å². The highest BCUT2D eigenvalue weighted by Gasteiger charge is 2.54. The Bertz CT molecular complexity index is 1420. The molecule has 3 aliphatic heterocycles. The van der Waals surface area contributed by atoms with Gasteiger partial charge >= 0.3 is 0 Å². The molecule has 4 atom stereocenters. The molecule has 1 aromatic heterocycles. The average molecular weight is 485 g/mol. The molecular formula is C29H32N4O3. The third-order valence-corrected chi connectivity index (χ3v) is 7.93. The van der Waals surface area contributed by atoms with Crippen LogP contribution in [0.3, 0.4) is 0 Å². The van der Waals surface area contributed by atoms with Gasteiger partial charge in [0.2, 0.25) is 5.91 Å². The Kier molecular flexibility index (Phi) is 5.33. The second-order valence-electron chi connectivity index (χ2n) is 10.2. The van der Waals surface area contributed by atoms with E-state index in [9.17, 15) is 4.79 Å². The van der Waals surface area contributed by atoms with Gasteiger partial charge in [0, 0.05) is 43.3 Å². The van der Waals surface area contributed by atoms with E-state index in [0.717, 1.165) is 39.3 Å². The number of hydrogen-bond donors (Lipinski definition) is 2. The van der Waals surface area contributed by atoms with E-state index in [1.807, 2.05) is 12.1 Å². The van der Waals surface area contributed by atoms with E-state index >= 15 is 0 Å². The van der Waals surface area contributed by atoms with E-state index in [1.165, 1.54) is 5.39 Å². The minimum atomic E-state index is -0.908. The molecule has 6 rings (SSSR count). The Morgan fingerprint density at radius 1 is 1.22 bits per heavy atom. The van der Waals surface area contributed by atoms with E-state index in [0.29, 0.717) is 19.4 Å². The molecule has 1 saturated heterocycles. The number of ether oxygens (including phenoxy) is 2. The number of benzene rings is 2. The first kappa shape index (κ1) is 23.0. The van der Waals surface area contributed by atoms with Crippen molar-refractivity contribution in [1.82, 2.24) is 9.88 Å². The molecule has 3 aromatic rings. The van der Waals surface area contributed by atoms with Crippen LogP contribution in [0.15, 0.2) is 66.8 Å². The number of nitrogens with zero attached hydrogens (tertiary/aromatic N) is 2. The Labute approximate surface area is 211 Å². The van der Waals surface area contributed by atoms with E-state index in [1.54, 1.807) is 13.2 Å². The SMILES string of the molecule is C=C1c2c(C)c3ccccc3n2[C@@H]2CC(N)C(OC)[C@@](C)(O2)N1c1ccccc1CC1=CC(=O)NC1. The number of aryl methyl sites for hydroxylation is 1. The number of fused-ring (bicyclic) bond motifs is 6. The monoisotopic (exact) mass is 484 g/mol. The highest BCUT2D eigenvalue weighted by Crippen LogP contribution is 2.50. The highest BCUT2D eigenvalue weighted by molar-refractivity contribution is 5.94. The van der Waals surface area contributed by atoms with Gasteiger partial charge in [-0.05, 0) is 49.1 Å². The van der Waals surface area contributed by atoms with Crippen LogP contribution in [0.5, 0.6) is 0 Å². The highest BCUT2D eigenvalue weighted by atomic mass is 16.6. The second kappa shape index (κ2) is 8.34. The van der Waals surface area contributed by atoms with Crippen LogP contribution >= 0.6 is 0 Å². The third-order valence-electron chi connectivity index (χ3n) is 7.93. The van der Waals surface area contributed by atoms with Crippen LogP contribution in [0.25, 0.3) is 16.6 Å². The number of hydrogen-bond acceptors (Lipinski definition) is 5. The first-order valence-electron chi connectivity index (χ1n) is 12.4. The van der Waals surface area contributed by atoms with Gasteiger partial charge in [0.05, 0.1) is 16.9 Å². The largest absolute Gasteiger partial charge is 0.375 e. The molecule has 0 spiro atoms. The summed E-state index contributed by atoms with van der Waals surface area (Å²) in [5.41, 5.74) is 13.1. The first-order chi connectivity index (χ1) is 17.3. The lowest BCUT2D eigenvalue weighted by atomic mass is 9.91. The summed E-state index contributed by atoms with van der Waals surface area (Å²) in [5.74, 6) is -0.0438. The summed E-state index contributed by atoms with van der Waals surface area (Å²) in [5, 5.41) is 4.06. The van der Waals surface area contributed by atoms with Gasteiger partial charge in [0.25, 0.3) is 0 Å². The minimum absolute atomic E-state index is 0.0438. The minimum Gasteiger partial charge on any atom is -0.375 e. The van der Waals surface area contributed by atoms with E-state index in [-0.39, 0.29) is 24.3 Å². The standard InChI is InChI=1S/C29H32N4O3/c1-17-21-10-6-8-12-24(21)32-26-15-22(30)28(35-4)29(3,36-26)33(18(2)27(17)32)23-11-7-5-9-20(23)13-19-14-25(34)31-16-19/h5-12,14,22,26,28H,2,13,15-16,30H2,1,3-4H3,(H,31,34)/t22?,26-,28?,29+/m0/s1. The maximum Gasteiger partial charge on any atom is 0.244 e. The number of nitrogens with two attached hydrogens (primary N) is 1. The number of anilines is 1. The van der Waals surface area contributed by atoms with Gasteiger partial charge in [-0.1, -0.05) is 43.0 Å². The van der Waals surface area contributed by atoms with Gasteiger partial charge < -0.3 is 30.0 Å². The Hall–Kier alpha value is -3.39. The molecule has 7 nitrogen and oxygen atoms in total. The van der Waals surface area contributed by atoms with Crippen LogP contribution < -0.4 is 16.0 Å². The van der Waals surface area contributed by atoms with Crippen molar-refractivity contribution in [2.45, 2.75) is 50.8 Å². The molecule has 3 N–H and O–H groups in total. The second-order valence-corrected chi connectivity index (χ2v) is 10.2. The van der Waals surface area contributed by atoms with Crippen molar-refractivity contribution in [3.05, 3.63) is 83.6 Å². The third kappa shape index (κ3) is 3.27. The summed E-state index contributed by atoms with van der Waals surface area (Å²) < 4.78 is 15.3. The number of carbonyl (C=O) groups is 1. The van der Waals surface area contributed by atoms with Crippen LogP contribution in [0.4, 0.5) is 5.69 Å². The molecule has 186 valence electrons. The van der Waals surface area contributed by atoms with Crippen LogP contribution in [0, 0.1) is 6.92 Å². The Morgan fingerprint density at radius 2 is 1.97 bits per heavy atom. The van der Waals surface area contributed by atoms with Crippen LogP contribution in [0.1, 0.15) is 36.4 Å². The zero-order valence-electron chi connectivity index (χ0n) is 21.0. The van der Waals surface area contributed by atoms with Crippen LogP contribution in [-0.2, 0) is 20.7 Å². The molecule has 36 heavy (non-hydrogen) atoms. The number of rotatable bonds is 4. The fourth-order valence-corrected chi connectivity index (χ4v) is 6.44. The lowest BCUT2D eigenvalue weighted by molar-refractivity contribution is -0.210. The number of aromatic nitrogens is 1. The maximum atomic E-state index is 11.8. The van der Waals surface area contributed by atoms with Gasteiger partial charge in [-0.3, -0.25) is 4.79 Å². The van der Waals surface area contributed by atoms with Crippen molar-refractivity contribution in [3.63, 3.8) is 0 Å². The van der Waals surface area contributed by atoms with Crippen molar-refractivity contribution < 1.29 is 14.3 Å². The van der Waals surface area contributed by atoms with Crippen LogP contribution in [-0.4, -0.2) is 42.0 Å². The molecule has 3 aliphatic rings. The molecule has 7 heteroatoms. The van der Waals surface area contributed by atoms with Crippen molar-refractivity contribution >= 4 is 28.2 Å². The summed E-state index contributed by atoms with van der Waals surface area (Å²) >= 11 is 0. The molecule has 0 saturated carbocycles. The zero-order chi connectivity index (χ0) is 25.2. The predicted molar refractivity (Wildman–Crippen MR) is 141 cm³/mol. The van der Waals surface area contributed by atoms with E-state index < -0.39 is 5.72 Å². The summed E-state index contributed by atoms with van der Waals surface area (Å²) in [6.07, 6.45) is 2.31. The van der Waals surface area contributed by atoms with Gasteiger partial charge in [-0.2, -0.15) is 0 Å². The summed E-state index contributed by atoms with van der Waals surface area (Å²) in [6, 6.07) is 16.4. The van der Waals surface area contributed by atoms with Gasteiger partial charge in [0.15, 0.2) is 5.72 Å². The van der Waals surface area contributed by atoms with Gasteiger partial charge in [-0.25, -0.2) is 0 Å². The van der Waals surface area contributed by atoms with E-state index in [2.05, 4.69) is 71.6 Å². The zero-order valence-corrected chi connectivity index (χ0v) is 21.0. The summed E-state index contributed by atoms with van der Waals surface area (Å²) in [4.78, 5) is 14.0. The first-order valence-corrected chi connectivity index (χ1v) is 12.4. The van der Waals surface area contributed by atoms with E-state index in [4.69, 9.17) is 15.2 Å². The Morgan fingerprint density at radius 3 is 2.72 bits per heavy atom. The lowest BCUT2D eigenvalue weighted by Crippen LogP contribution is -2.65. The predicted octanol–water partition coefficient (Wildman–Crippen LogP) is 4.02. The number of carbonyl (C=O) groups excluding carboxylic acids is 1. The fraction of sp³-hybridized carbons (Fsp3) is 0.345. The molecule has 1 fully saturated rings. The summed E-state index contributed by atoms with van der Waals surface area (Å²) in [6.45, 7) is 9.42. The Balaban J connectivity index is 1.59. The molecule has 0 radical (unpaired) electrons. The number of para-hydroxylation sites is 2. The van der Waals surface area contributed by atoms with Crippen molar-refractivity contribution in [2.75, 3.05) is 18.6 Å². The number of methoxy groups -OCH3 is 1. The molecule has 2 unspecified atom stereocenters. The lowest BCUT2D eigenvalue weighted by Gasteiger charge is -2.51. The smallest absolute Gasteiger partial charge is 0.244 e. The summed E-state index contributed by atoms with van der Waals surface area (Å²) in [7, 11) is 1.69. The molecule has 2 aromatic carbocycles. The quantitative estimate of drug-likeness (QED) is 0.585. The fourth-order valence-electron chi connectivity index (χ4n) is 6.44. The topological polar surface area (TPSA) is 81.8 Å². The molecule has 4 heterocycles. The molecular weight excluding hydrogens is 452 g/mol. The maximum absolute atomic E-state index is 11.8. The molecule has 1 amide bonds. The normalized spacial score (nSPS) is 27.6.